The van der Waals surface area contributed by atoms with E-state index in [0.29, 0.717) is 11.4 Å². The summed E-state index contributed by atoms with van der Waals surface area (Å²) in [5.74, 6) is 0. The minimum Gasteiger partial charge on any atom is -0.316 e. The van der Waals surface area contributed by atoms with Gasteiger partial charge in [-0.1, -0.05) is 30.8 Å². The van der Waals surface area contributed by atoms with E-state index < -0.39 is 0 Å². The van der Waals surface area contributed by atoms with Gasteiger partial charge in [-0.2, -0.15) is 0 Å². The summed E-state index contributed by atoms with van der Waals surface area (Å²) in [6.45, 7) is 3.67. The summed E-state index contributed by atoms with van der Waals surface area (Å²) in [4.78, 5) is 25.8. The average molecular weight is 267 g/mol. The number of rotatable bonds is 1. The van der Waals surface area contributed by atoms with E-state index in [1.54, 1.807) is 25.5 Å². The Morgan fingerprint density at radius 2 is 1.95 bits per heavy atom. The van der Waals surface area contributed by atoms with Crippen molar-refractivity contribution in [2.24, 2.45) is 7.05 Å². The van der Waals surface area contributed by atoms with Crippen LogP contribution in [0.3, 0.4) is 0 Å². The number of hydrogen-bond donors (Lipinski definition) is 1. The second-order valence-corrected chi connectivity index (χ2v) is 4.62. The highest BCUT2D eigenvalue weighted by molar-refractivity contribution is 6.04. The molecule has 1 N–H and O–H groups in total. The molecule has 0 bridgehead atoms. The third-order valence-electron chi connectivity index (χ3n) is 3.22. The number of aryl methyl sites for hydroxylation is 1. The maximum atomic E-state index is 12.4. The molecule has 0 atom stereocenters. The number of pyridine rings is 1. The van der Waals surface area contributed by atoms with Gasteiger partial charge in [-0.3, -0.25) is 9.69 Å². The molecule has 100 valence electrons. The summed E-state index contributed by atoms with van der Waals surface area (Å²) < 4.78 is 1.47. The van der Waals surface area contributed by atoms with Crippen LogP contribution in [0.25, 0.3) is 10.8 Å². The lowest BCUT2D eigenvalue weighted by Gasteiger charge is -2.24. The maximum Gasteiger partial charge on any atom is 0.330 e. The summed E-state index contributed by atoms with van der Waals surface area (Å²) >= 11 is 0. The lowest BCUT2D eigenvalue weighted by atomic mass is 10.1. The second kappa shape index (κ2) is 4.38. The van der Waals surface area contributed by atoms with Crippen molar-refractivity contribution in [3.05, 3.63) is 65.4 Å². The Morgan fingerprint density at radius 1 is 1.20 bits per heavy atom. The fourth-order valence-corrected chi connectivity index (χ4v) is 2.26. The fraction of sp³-hybridized carbons (Fsp3) is 0.0667. The number of allylic oxidation sites excluding steroid dienone is 1. The first-order valence-electron chi connectivity index (χ1n) is 6.13. The van der Waals surface area contributed by atoms with E-state index in [1.807, 2.05) is 24.3 Å². The molecular formula is C15H13N3O2. The van der Waals surface area contributed by atoms with Crippen LogP contribution in [0, 0.1) is 0 Å². The van der Waals surface area contributed by atoms with E-state index in [1.165, 1.54) is 9.47 Å². The van der Waals surface area contributed by atoms with Crippen molar-refractivity contribution in [1.82, 2.24) is 9.88 Å². The highest BCUT2D eigenvalue weighted by Crippen LogP contribution is 2.24. The summed E-state index contributed by atoms with van der Waals surface area (Å²) in [7, 11) is 1.67. The van der Waals surface area contributed by atoms with E-state index in [2.05, 4.69) is 11.9 Å². The highest BCUT2D eigenvalue weighted by Gasteiger charge is 2.22. The molecule has 0 fully saturated rings. The van der Waals surface area contributed by atoms with Crippen LogP contribution in [0.2, 0.25) is 0 Å². The minimum absolute atomic E-state index is 0.226. The number of benzene rings is 1. The van der Waals surface area contributed by atoms with Gasteiger partial charge >= 0.3 is 6.03 Å². The van der Waals surface area contributed by atoms with Gasteiger partial charge in [0, 0.05) is 35.9 Å². The van der Waals surface area contributed by atoms with Gasteiger partial charge in [-0.25, -0.2) is 4.79 Å². The van der Waals surface area contributed by atoms with Gasteiger partial charge in [-0.05, 0) is 6.08 Å². The average Bonchev–Trinajstić information content (AvgIpc) is 2.42. The van der Waals surface area contributed by atoms with Gasteiger partial charge in [0.05, 0.1) is 0 Å². The third kappa shape index (κ3) is 1.80. The second-order valence-electron chi connectivity index (χ2n) is 4.62. The Balaban J connectivity index is 2.33. The molecule has 0 radical (unpaired) electrons. The molecule has 1 aliphatic rings. The van der Waals surface area contributed by atoms with Crippen LogP contribution in [0.4, 0.5) is 10.5 Å². The van der Waals surface area contributed by atoms with Crippen LogP contribution in [-0.2, 0) is 7.05 Å². The molecule has 1 aromatic heterocycles. The molecule has 1 aromatic carbocycles. The molecule has 2 aromatic rings. The van der Waals surface area contributed by atoms with Crippen LogP contribution in [0.5, 0.6) is 0 Å². The molecule has 2 heterocycles. The SMILES string of the molecule is C=C1C=CN(c2c(=O)n(C)cc3ccccc23)C(=O)N1. The Bertz CT molecular complexity index is 817. The predicted octanol–water partition coefficient (Wildman–Crippen LogP) is 2.10. The zero-order chi connectivity index (χ0) is 14.3. The van der Waals surface area contributed by atoms with Crippen molar-refractivity contribution in [2.45, 2.75) is 0 Å². The number of fused-ring (bicyclic) bond motifs is 1. The quantitative estimate of drug-likeness (QED) is 0.860. The molecule has 5 nitrogen and oxygen atoms in total. The van der Waals surface area contributed by atoms with E-state index in [4.69, 9.17) is 0 Å². The van der Waals surface area contributed by atoms with Crippen molar-refractivity contribution >= 4 is 22.5 Å². The molecule has 0 saturated carbocycles. The van der Waals surface area contributed by atoms with Gasteiger partial charge in [0.1, 0.15) is 5.69 Å². The number of hydrogen-bond acceptors (Lipinski definition) is 2. The minimum atomic E-state index is -0.383. The van der Waals surface area contributed by atoms with E-state index in [-0.39, 0.29) is 11.6 Å². The number of amides is 2. The third-order valence-corrected chi connectivity index (χ3v) is 3.22. The van der Waals surface area contributed by atoms with Crippen LogP contribution in [0.1, 0.15) is 0 Å². The highest BCUT2D eigenvalue weighted by atomic mass is 16.2. The molecule has 0 saturated heterocycles. The number of carbonyl (C=O) groups is 1. The van der Waals surface area contributed by atoms with E-state index in [9.17, 15) is 9.59 Å². The lowest BCUT2D eigenvalue weighted by molar-refractivity contribution is 0.250. The number of carbonyl (C=O) groups excluding carboxylic acids is 1. The van der Waals surface area contributed by atoms with Crippen LogP contribution < -0.4 is 15.8 Å². The van der Waals surface area contributed by atoms with Crippen LogP contribution in [0.15, 0.2) is 59.8 Å². The fourth-order valence-electron chi connectivity index (χ4n) is 2.26. The number of nitrogens with one attached hydrogen (secondary N) is 1. The van der Waals surface area contributed by atoms with Gasteiger partial charge in [0.15, 0.2) is 0 Å². The van der Waals surface area contributed by atoms with E-state index in [0.717, 1.165) is 10.8 Å². The van der Waals surface area contributed by atoms with Crippen molar-refractivity contribution in [3.8, 4) is 0 Å². The standard InChI is InChI=1S/C15H13N3O2/c1-10-7-8-18(15(20)16-10)13-12-6-4-3-5-11(12)9-17(2)14(13)19/h3-9H,1H2,2H3,(H,16,20). The van der Waals surface area contributed by atoms with Crippen LogP contribution in [-0.4, -0.2) is 10.6 Å². The summed E-state index contributed by atoms with van der Waals surface area (Å²) in [6, 6.07) is 7.09. The molecule has 0 aliphatic carbocycles. The van der Waals surface area contributed by atoms with Gasteiger partial charge in [0.25, 0.3) is 5.56 Å². The van der Waals surface area contributed by atoms with Gasteiger partial charge < -0.3 is 9.88 Å². The normalized spacial score (nSPS) is 14.8. The topological polar surface area (TPSA) is 54.3 Å². The Morgan fingerprint density at radius 3 is 2.70 bits per heavy atom. The maximum absolute atomic E-state index is 12.4. The molecule has 20 heavy (non-hydrogen) atoms. The van der Waals surface area contributed by atoms with E-state index >= 15 is 0 Å². The first-order valence-corrected chi connectivity index (χ1v) is 6.13. The Kier molecular flexibility index (Phi) is 2.68. The Labute approximate surface area is 115 Å². The summed E-state index contributed by atoms with van der Waals surface area (Å²) in [5.41, 5.74) is 0.617. The molecule has 3 rings (SSSR count). The van der Waals surface area contributed by atoms with Gasteiger partial charge in [0.2, 0.25) is 0 Å². The molecule has 1 aliphatic heterocycles. The zero-order valence-electron chi connectivity index (χ0n) is 11.0. The first kappa shape index (κ1) is 12.2. The summed E-state index contributed by atoms with van der Waals surface area (Å²) in [6.07, 6.45) is 4.97. The Hall–Kier alpha value is -2.82. The van der Waals surface area contributed by atoms with Crippen molar-refractivity contribution in [3.63, 3.8) is 0 Å². The number of aromatic nitrogens is 1. The van der Waals surface area contributed by atoms with Gasteiger partial charge in [-0.15, -0.1) is 0 Å². The monoisotopic (exact) mass is 267 g/mol. The molecule has 5 heteroatoms. The number of urea groups is 1. The van der Waals surface area contributed by atoms with Crippen molar-refractivity contribution in [2.75, 3.05) is 4.90 Å². The lowest BCUT2D eigenvalue weighted by Crippen LogP contribution is -2.41. The van der Waals surface area contributed by atoms with Crippen molar-refractivity contribution in [1.29, 1.82) is 0 Å². The zero-order valence-corrected chi connectivity index (χ0v) is 11.0. The number of anilines is 1. The molecule has 0 unspecified atom stereocenters. The first-order chi connectivity index (χ1) is 9.58. The largest absolute Gasteiger partial charge is 0.330 e. The molecular weight excluding hydrogens is 254 g/mol. The molecule has 2 amide bonds. The molecule has 0 spiro atoms. The van der Waals surface area contributed by atoms with Crippen LogP contribution >= 0.6 is 0 Å². The summed E-state index contributed by atoms with van der Waals surface area (Å²) in [5, 5.41) is 4.23. The smallest absolute Gasteiger partial charge is 0.316 e. The van der Waals surface area contributed by atoms with Crippen molar-refractivity contribution < 1.29 is 4.79 Å². The predicted molar refractivity (Wildman–Crippen MR) is 78.5 cm³/mol. The number of nitrogens with zero attached hydrogens (tertiary/aromatic N) is 2.